The van der Waals surface area contributed by atoms with E-state index in [1.54, 1.807) is 17.0 Å². The normalized spacial score (nSPS) is 16.8. The fourth-order valence-electron chi connectivity index (χ4n) is 2.31. The summed E-state index contributed by atoms with van der Waals surface area (Å²) in [6, 6.07) is 3.46. The molecule has 2 rings (SSSR count). The van der Waals surface area contributed by atoms with E-state index in [0.29, 0.717) is 31.1 Å². The number of pyridine rings is 1. The Morgan fingerprint density at radius 1 is 1.41 bits per heavy atom. The van der Waals surface area contributed by atoms with Crippen molar-refractivity contribution in [2.75, 3.05) is 31.5 Å². The fraction of sp³-hybridized carbons (Fsp3) is 0.467. The quantitative estimate of drug-likeness (QED) is 0.617. The van der Waals surface area contributed by atoms with Gasteiger partial charge in [-0.2, -0.15) is 0 Å². The van der Waals surface area contributed by atoms with Crippen LogP contribution >= 0.6 is 0 Å². The summed E-state index contributed by atoms with van der Waals surface area (Å²) in [5, 5.41) is 6.18. The zero-order valence-electron chi connectivity index (χ0n) is 12.2. The van der Waals surface area contributed by atoms with Gasteiger partial charge in [0, 0.05) is 32.3 Å². The molecule has 114 valence electrons. The van der Waals surface area contributed by atoms with Crippen molar-refractivity contribution in [3.63, 3.8) is 0 Å². The Bertz CT molecular complexity index is 586. The number of aromatic nitrogens is 1. The summed E-state index contributed by atoms with van der Waals surface area (Å²) < 4.78 is 0. The molecule has 1 amide bonds. The first kappa shape index (κ1) is 15.7. The van der Waals surface area contributed by atoms with Gasteiger partial charge in [-0.3, -0.25) is 19.5 Å². The van der Waals surface area contributed by atoms with Crippen LogP contribution in [0.25, 0.3) is 9.69 Å². The molecule has 0 saturated carbocycles. The van der Waals surface area contributed by atoms with E-state index >= 15 is 0 Å². The Balaban J connectivity index is 1.64. The summed E-state index contributed by atoms with van der Waals surface area (Å²) in [6.07, 6.45) is 2.93. The minimum absolute atomic E-state index is 0.0157. The summed E-state index contributed by atoms with van der Waals surface area (Å²) in [5.41, 5.74) is 0.509. The zero-order valence-corrected chi connectivity index (χ0v) is 12.2. The maximum Gasteiger partial charge on any atom is 0.300 e. The van der Waals surface area contributed by atoms with E-state index in [4.69, 9.17) is 13.1 Å². The summed E-state index contributed by atoms with van der Waals surface area (Å²) in [5.74, 6) is 0.686. The second-order valence-corrected chi connectivity index (χ2v) is 4.96. The van der Waals surface area contributed by atoms with Gasteiger partial charge in [0.2, 0.25) is 11.6 Å². The minimum Gasteiger partial charge on any atom is -0.369 e. The second kappa shape index (κ2) is 7.96. The summed E-state index contributed by atoms with van der Waals surface area (Å²) in [4.78, 5) is 24.5. The van der Waals surface area contributed by atoms with Crippen molar-refractivity contribution in [2.24, 2.45) is 0 Å². The average molecular weight is 298 g/mol. The number of amides is 1. The monoisotopic (exact) mass is 298 g/mol. The Morgan fingerprint density at radius 3 is 2.95 bits per heavy atom. The standard InChI is InChI=1S/C15H18N6O/c1-16-12-5-6-13(20-10-12)19-8-7-18-11-15(22)21-9-3-4-14(21)17-2/h5-6,10,14,18H,3-4,7-9,11H2,(H,19,20)/t14-/m0/s1. The first-order valence-corrected chi connectivity index (χ1v) is 7.18. The molecule has 0 aromatic carbocycles. The second-order valence-electron chi connectivity index (χ2n) is 4.96. The predicted octanol–water partition coefficient (Wildman–Crippen LogP) is 1.50. The molecule has 0 bridgehead atoms. The number of rotatable bonds is 6. The van der Waals surface area contributed by atoms with Crippen LogP contribution in [0.15, 0.2) is 18.3 Å². The third kappa shape index (κ3) is 4.18. The fourth-order valence-corrected chi connectivity index (χ4v) is 2.31. The van der Waals surface area contributed by atoms with Crippen LogP contribution in [0.2, 0.25) is 0 Å². The lowest BCUT2D eigenvalue weighted by molar-refractivity contribution is -0.130. The molecule has 2 N–H and O–H groups in total. The van der Waals surface area contributed by atoms with Crippen molar-refractivity contribution < 1.29 is 4.79 Å². The van der Waals surface area contributed by atoms with Gasteiger partial charge in [0.1, 0.15) is 5.82 Å². The van der Waals surface area contributed by atoms with Gasteiger partial charge in [-0.25, -0.2) is 11.4 Å². The van der Waals surface area contributed by atoms with Gasteiger partial charge in [0.15, 0.2) is 0 Å². The summed E-state index contributed by atoms with van der Waals surface area (Å²) >= 11 is 0. The van der Waals surface area contributed by atoms with E-state index < -0.39 is 0 Å². The van der Waals surface area contributed by atoms with Crippen LogP contribution in [0.3, 0.4) is 0 Å². The van der Waals surface area contributed by atoms with Crippen molar-refractivity contribution >= 4 is 17.4 Å². The highest BCUT2D eigenvalue weighted by atomic mass is 16.2. The number of hydrogen-bond donors (Lipinski definition) is 2. The van der Waals surface area contributed by atoms with Gasteiger partial charge in [0.05, 0.1) is 13.1 Å². The molecule has 0 aliphatic carbocycles. The molecule has 2 heterocycles. The zero-order chi connectivity index (χ0) is 15.8. The smallest absolute Gasteiger partial charge is 0.300 e. The van der Waals surface area contributed by atoms with Gasteiger partial charge in [0.25, 0.3) is 0 Å². The van der Waals surface area contributed by atoms with Crippen molar-refractivity contribution in [1.29, 1.82) is 0 Å². The lowest BCUT2D eigenvalue weighted by Gasteiger charge is -2.16. The predicted molar refractivity (Wildman–Crippen MR) is 83.2 cm³/mol. The lowest BCUT2D eigenvalue weighted by atomic mass is 10.3. The molecule has 1 saturated heterocycles. The number of nitrogens with zero attached hydrogens (tertiary/aromatic N) is 4. The molecule has 1 aliphatic rings. The molecule has 7 heteroatoms. The van der Waals surface area contributed by atoms with Crippen molar-refractivity contribution in [1.82, 2.24) is 15.2 Å². The number of carbonyl (C=O) groups is 1. The minimum atomic E-state index is -0.280. The highest BCUT2D eigenvalue weighted by Gasteiger charge is 2.32. The van der Waals surface area contributed by atoms with Crippen LogP contribution in [0.1, 0.15) is 12.8 Å². The van der Waals surface area contributed by atoms with Crippen LogP contribution < -0.4 is 10.6 Å². The summed E-state index contributed by atoms with van der Waals surface area (Å²) in [7, 11) is 0. The van der Waals surface area contributed by atoms with Crippen LogP contribution in [-0.4, -0.2) is 48.1 Å². The molecule has 1 atom stereocenters. The van der Waals surface area contributed by atoms with Gasteiger partial charge in [-0.1, -0.05) is 6.07 Å². The van der Waals surface area contributed by atoms with E-state index in [1.165, 1.54) is 6.20 Å². The highest BCUT2D eigenvalue weighted by Crippen LogP contribution is 2.17. The van der Waals surface area contributed by atoms with E-state index in [-0.39, 0.29) is 18.6 Å². The maximum atomic E-state index is 12.0. The van der Waals surface area contributed by atoms with Crippen LogP contribution in [0.5, 0.6) is 0 Å². The van der Waals surface area contributed by atoms with Crippen LogP contribution in [-0.2, 0) is 4.79 Å². The Kier molecular flexibility index (Phi) is 5.70. The Morgan fingerprint density at radius 2 is 2.27 bits per heavy atom. The lowest BCUT2D eigenvalue weighted by Crippen LogP contribution is -2.40. The van der Waals surface area contributed by atoms with Crippen LogP contribution in [0, 0.1) is 13.1 Å². The Labute approximate surface area is 130 Å². The maximum absolute atomic E-state index is 12.0. The van der Waals surface area contributed by atoms with Gasteiger partial charge < -0.3 is 10.6 Å². The van der Waals surface area contributed by atoms with Gasteiger partial charge in [-0.05, 0) is 12.5 Å². The molecule has 1 fully saturated rings. The number of anilines is 1. The third-order valence-electron chi connectivity index (χ3n) is 3.45. The van der Waals surface area contributed by atoms with Crippen molar-refractivity contribution in [2.45, 2.75) is 19.0 Å². The first-order valence-electron chi connectivity index (χ1n) is 7.18. The van der Waals surface area contributed by atoms with Gasteiger partial charge in [-0.15, -0.1) is 0 Å². The van der Waals surface area contributed by atoms with Crippen LogP contribution in [0.4, 0.5) is 11.5 Å². The SMILES string of the molecule is [C-]#[N+]c1ccc(NCCNCC(=O)N2CCC[C@H]2[N+]#[C-])nc1. The molecule has 0 radical (unpaired) electrons. The van der Waals surface area contributed by atoms with E-state index in [2.05, 4.69) is 25.3 Å². The molecule has 7 nitrogen and oxygen atoms in total. The van der Waals surface area contributed by atoms with E-state index in [0.717, 1.165) is 12.8 Å². The average Bonchev–Trinajstić information content (AvgIpc) is 3.03. The largest absolute Gasteiger partial charge is 0.369 e. The topological polar surface area (TPSA) is 66.0 Å². The number of hydrogen-bond acceptors (Lipinski definition) is 4. The molecule has 1 aromatic rings. The van der Waals surface area contributed by atoms with Crippen molar-refractivity contribution in [3.05, 3.63) is 41.2 Å². The molecular formula is C15H18N6O. The summed E-state index contributed by atoms with van der Waals surface area (Å²) in [6.45, 7) is 16.1. The molecule has 22 heavy (non-hydrogen) atoms. The third-order valence-corrected chi connectivity index (χ3v) is 3.45. The Hall–Kier alpha value is -2.64. The molecule has 0 unspecified atom stereocenters. The number of carbonyl (C=O) groups excluding carboxylic acids is 1. The first-order chi connectivity index (χ1) is 10.7. The van der Waals surface area contributed by atoms with Gasteiger partial charge >= 0.3 is 6.17 Å². The molecule has 1 aliphatic heterocycles. The number of likely N-dealkylation sites (tertiary alicyclic amines) is 1. The van der Waals surface area contributed by atoms with E-state index in [1.807, 2.05) is 0 Å². The molecule has 0 spiro atoms. The van der Waals surface area contributed by atoms with Crippen molar-refractivity contribution in [3.8, 4) is 0 Å². The number of nitrogens with one attached hydrogen (secondary N) is 2. The highest BCUT2D eigenvalue weighted by molar-refractivity contribution is 5.79. The van der Waals surface area contributed by atoms with E-state index in [9.17, 15) is 4.79 Å². The molecule has 1 aromatic heterocycles. The molecular weight excluding hydrogens is 280 g/mol.